The number of carbonyl (C=O) groups excluding carboxylic acids is 1. The number of aromatic carboxylic acids is 1. The number of benzene rings is 1. The lowest BCUT2D eigenvalue weighted by Gasteiger charge is -2.32. The highest BCUT2D eigenvalue weighted by atomic mass is 16.4. The summed E-state index contributed by atoms with van der Waals surface area (Å²) in [6.07, 6.45) is 3.00. The Bertz CT molecular complexity index is 723. The van der Waals surface area contributed by atoms with Crippen molar-refractivity contribution in [3.05, 3.63) is 65.5 Å². The summed E-state index contributed by atoms with van der Waals surface area (Å²) in [4.78, 5) is 29.4. The number of nitrogens with one attached hydrogen (secondary N) is 1. The van der Waals surface area contributed by atoms with Gasteiger partial charge in [-0.25, -0.2) is 4.79 Å². The van der Waals surface area contributed by atoms with Crippen LogP contribution in [0.3, 0.4) is 0 Å². The first-order valence-electron chi connectivity index (χ1n) is 8.38. The van der Waals surface area contributed by atoms with Gasteiger partial charge in [0, 0.05) is 31.9 Å². The van der Waals surface area contributed by atoms with Gasteiger partial charge in [-0.1, -0.05) is 30.3 Å². The minimum atomic E-state index is -1.05. The molecular weight excluding hydrogens is 318 g/mol. The molecule has 0 atom stereocenters. The van der Waals surface area contributed by atoms with Crippen LogP contribution in [0.25, 0.3) is 0 Å². The number of amides is 1. The van der Waals surface area contributed by atoms with E-state index in [1.807, 2.05) is 18.2 Å². The van der Waals surface area contributed by atoms with Gasteiger partial charge in [0.2, 0.25) is 0 Å². The molecule has 6 heteroatoms. The molecule has 1 fully saturated rings. The van der Waals surface area contributed by atoms with E-state index in [2.05, 4.69) is 27.3 Å². The van der Waals surface area contributed by atoms with E-state index in [-0.39, 0.29) is 23.2 Å². The Morgan fingerprint density at radius 3 is 2.44 bits per heavy atom. The summed E-state index contributed by atoms with van der Waals surface area (Å²) in [6, 6.07) is 13.3. The van der Waals surface area contributed by atoms with E-state index >= 15 is 0 Å². The lowest BCUT2D eigenvalue weighted by molar-refractivity contribution is 0.0695. The molecule has 0 bridgehead atoms. The summed E-state index contributed by atoms with van der Waals surface area (Å²) >= 11 is 0. The maximum Gasteiger partial charge on any atom is 0.337 e. The summed E-state index contributed by atoms with van der Waals surface area (Å²) in [6.45, 7) is 2.80. The fraction of sp³-hybridized carbons (Fsp3) is 0.316. The predicted octanol–water partition coefficient (Wildman–Crippen LogP) is 2.17. The summed E-state index contributed by atoms with van der Waals surface area (Å²) in [5, 5.41) is 11.9. The Morgan fingerprint density at radius 1 is 1.12 bits per heavy atom. The SMILES string of the molecule is O=C(O)c1ccc(C(=O)NC2CCN(Cc3ccccc3)CC2)nc1. The van der Waals surface area contributed by atoms with Gasteiger partial charge in [0.15, 0.2) is 0 Å². The first kappa shape index (κ1) is 17.1. The van der Waals surface area contributed by atoms with Crippen molar-refractivity contribution in [2.75, 3.05) is 13.1 Å². The van der Waals surface area contributed by atoms with Crippen LogP contribution in [0, 0.1) is 0 Å². The molecule has 0 saturated carbocycles. The van der Waals surface area contributed by atoms with Crippen LogP contribution in [-0.4, -0.2) is 46.0 Å². The predicted molar refractivity (Wildman–Crippen MR) is 93.4 cm³/mol. The third kappa shape index (κ3) is 4.64. The standard InChI is InChI=1S/C19H21N3O3/c23-18(17-7-6-15(12-20-17)19(24)25)21-16-8-10-22(11-9-16)13-14-4-2-1-3-5-14/h1-7,12,16H,8-11,13H2,(H,21,23)(H,24,25). The maximum atomic E-state index is 12.2. The molecule has 1 aliphatic rings. The largest absolute Gasteiger partial charge is 0.478 e. The first-order valence-corrected chi connectivity index (χ1v) is 8.38. The summed E-state index contributed by atoms with van der Waals surface area (Å²) in [5.41, 5.74) is 1.62. The molecule has 1 saturated heterocycles. The molecule has 2 N–H and O–H groups in total. The Morgan fingerprint density at radius 2 is 1.84 bits per heavy atom. The number of carboxylic acids is 1. The molecule has 25 heavy (non-hydrogen) atoms. The number of carbonyl (C=O) groups is 2. The van der Waals surface area contributed by atoms with Crippen molar-refractivity contribution in [3.63, 3.8) is 0 Å². The molecular formula is C19H21N3O3. The third-order valence-electron chi connectivity index (χ3n) is 4.41. The number of pyridine rings is 1. The third-order valence-corrected chi connectivity index (χ3v) is 4.41. The highest BCUT2D eigenvalue weighted by Gasteiger charge is 2.21. The molecule has 0 radical (unpaired) electrons. The lowest BCUT2D eigenvalue weighted by atomic mass is 10.0. The van der Waals surface area contributed by atoms with Crippen molar-refractivity contribution in [1.82, 2.24) is 15.2 Å². The van der Waals surface area contributed by atoms with E-state index in [0.717, 1.165) is 32.5 Å². The lowest BCUT2D eigenvalue weighted by Crippen LogP contribution is -2.44. The van der Waals surface area contributed by atoms with E-state index in [9.17, 15) is 9.59 Å². The van der Waals surface area contributed by atoms with E-state index in [1.165, 1.54) is 23.9 Å². The second-order valence-electron chi connectivity index (χ2n) is 6.25. The zero-order chi connectivity index (χ0) is 17.6. The number of rotatable bonds is 5. The van der Waals surface area contributed by atoms with Crippen LogP contribution in [0.15, 0.2) is 48.7 Å². The molecule has 2 aromatic rings. The highest BCUT2D eigenvalue weighted by Crippen LogP contribution is 2.14. The zero-order valence-electron chi connectivity index (χ0n) is 13.9. The number of hydrogen-bond donors (Lipinski definition) is 2. The molecule has 1 aromatic heterocycles. The van der Waals surface area contributed by atoms with Crippen molar-refractivity contribution in [1.29, 1.82) is 0 Å². The van der Waals surface area contributed by atoms with Crippen LogP contribution >= 0.6 is 0 Å². The average Bonchev–Trinajstić information content (AvgIpc) is 2.64. The van der Waals surface area contributed by atoms with Gasteiger partial charge < -0.3 is 10.4 Å². The molecule has 0 aliphatic carbocycles. The zero-order valence-corrected chi connectivity index (χ0v) is 13.9. The average molecular weight is 339 g/mol. The molecule has 3 rings (SSSR count). The summed E-state index contributed by atoms with van der Waals surface area (Å²) in [5.74, 6) is -1.30. The number of piperidine rings is 1. The van der Waals surface area contributed by atoms with Crippen LogP contribution in [0.5, 0.6) is 0 Å². The molecule has 0 spiro atoms. The van der Waals surface area contributed by atoms with Gasteiger partial charge in [-0.3, -0.25) is 14.7 Å². The smallest absolute Gasteiger partial charge is 0.337 e. The fourth-order valence-electron chi connectivity index (χ4n) is 2.99. The summed E-state index contributed by atoms with van der Waals surface area (Å²) < 4.78 is 0. The molecule has 1 aromatic carbocycles. The van der Waals surface area contributed by atoms with Gasteiger partial charge in [-0.15, -0.1) is 0 Å². The topological polar surface area (TPSA) is 82.5 Å². The van der Waals surface area contributed by atoms with Crippen molar-refractivity contribution in [2.45, 2.75) is 25.4 Å². The maximum absolute atomic E-state index is 12.2. The molecule has 2 heterocycles. The van der Waals surface area contributed by atoms with Crippen LogP contribution in [0.1, 0.15) is 39.3 Å². The summed E-state index contributed by atoms with van der Waals surface area (Å²) in [7, 11) is 0. The Balaban J connectivity index is 1.48. The van der Waals surface area contributed by atoms with Crippen molar-refractivity contribution < 1.29 is 14.7 Å². The quantitative estimate of drug-likeness (QED) is 0.872. The second-order valence-corrected chi connectivity index (χ2v) is 6.25. The van der Waals surface area contributed by atoms with Crippen LogP contribution < -0.4 is 5.32 Å². The van der Waals surface area contributed by atoms with Gasteiger partial charge >= 0.3 is 5.97 Å². The van der Waals surface area contributed by atoms with Crippen molar-refractivity contribution in [3.8, 4) is 0 Å². The number of aromatic nitrogens is 1. The van der Waals surface area contributed by atoms with Crippen molar-refractivity contribution in [2.24, 2.45) is 0 Å². The van der Waals surface area contributed by atoms with Gasteiger partial charge in [-0.2, -0.15) is 0 Å². The van der Waals surface area contributed by atoms with Gasteiger partial charge in [0.1, 0.15) is 5.69 Å². The van der Waals surface area contributed by atoms with Gasteiger partial charge in [-0.05, 0) is 30.5 Å². The highest BCUT2D eigenvalue weighted by molar-refractivity contribution is 5.93. The van der Waals surface area contributed by atoms with E-state index in [0.29, 0.717) is 0 Å². The Labute approximate surface area is 146 Å². The first-order chi connectivity index (χ1) is 12.1. The minimum absolute atomic E-state index is 0.0748. The molecule has 0 unspecified atom stereocenters. The normalized spacial score (nSPS) is 15.7. The molecule has 1 aliphatic heterocycles. The Hall–Kier alpha value is -2.73. The minimum Gasteiger partial charge on any atom is -0.478 e. The van der Waals surface area contributed by atoms with Gasteiger partial charge in [0.05, 0.1) is 5.56 Å². The molecule has 6 nitrogen and oxygen atoms in total. The van der Waals surface area contributed by atoms with Crippen LogP contribution in [0.4, 0.5) is 0 Å². The Kier molecular flexibility index (Phi) is 5.40. The fourth-order valence-corrected chi connectivity index (χ4v) is 2.99. The van der Waals surface area contributed by atoms with E-state index < -0.39 is 5.97 Å². The number of likely N-dealkylation sites (tertiary alicyclic amines) is 1. The van der Waals surface area contributed by atoms with Crippen LogP contribution in [-0.2, 0) is 6.54 Å². The number of carboxylic acid groups (broad SMARTS) is 1. The van der Waals surface area contributed by atoms with Crippen LogP contribution in [0.2, 0.25) is 0 Å². The number of hydrogen-bond acceptors (Lipinski definition) is 4. The van der Waals surface area contributed by atoms with E-state index in [1.54, 1.807) is 0 Å². The monoisotopic (exact) mass is 339 g/mol. The molecule has 1 amide bonds. The second kappa shape index (κ2) is 7.90. The number of nitrogens with zero attached hydrogens (tertiary/aromatic N) is 2. The van der Waals surface area contributed by atoms with Crippen molar-refractivity contribution >= 4 is 11.9 Å². The molecule has 130 valence electrons. The van der Waals surface area contributed by atoms with E-state index in [4.69, 9.17) is 5.11 Å². The van der Waals surface area contributed by atoms with Gasteiger partial charge in [0.25, 0.3) is 5.91 Å².